The first-order valence-corrected chi connectivity index (χ1v) is 8.22. The second-order valence-corrected chi connectivity index (χ2v) is 6.45. The van der Waals surface area contributed by atoms with E-state index in [2.05, 4.69) is 43.1 Å². The summed E-state index contributed by atoms with van der Waals surface area (Å²) in [6.07, 6.45) is 8.16. The third-order valence-corrected chi connectivity index (χ3v) is 4.57. The highest BCUT2D eigenvalue weighted by atomic mass is 15.1. The van der Waals surface area contributed by atoms with Crippen LogP contribution in [0, 0.1) is 0 Å². The van der Waals surface area contributed by atoms with Gasteiger partial charge in [0.2, 0.25) is 0 Å². The number of hydrogen-bond acceptors (Lipinski definition) is 3. The molecule has 1 saturated heterocycles. The molecule has 1 aliphatic rings. The molecule has 3 nitrogen and oxygen atoms in total. The summed E-state index contributed by atoms with van der Waals surface area (Å²) < 4.78 is 0. The van der Waals surface area contributed by atoms with Crippen LogP contribution in [0.25, 0.3) is 0 Å². The highest BCUT2D eigenvalue weighted by Gasteiger charge is 2.17. The smallest absolute Gasteiger partial charge is 0.0104 e. The first-order chi connectivity index (χ1) is 9.11. The number of likely N-dealkylation sites (tertiary alicyclic amines) is 1. The van der Waals surface area contributed by atoms with Gasteiger partial charge in [0.25, 0.3) is 0 Å². The van der Waals surface area contributed by atoms with Crippen LogP contribution in [0.2, 0.25) is 0 Å². The van der Waals surface area contributed by atoms with Crippen molar-refractivity contribution in [1.29, 1.82) is 0 Å². The molecular formula is C16H35N3. The topological polar surface area (TPSA) is 18.5 Å². The van der Waals surface area contributed by atoms with Gasteiger partial charge in [-0.3, -0.25) is 0 Å². The number of piperidine rings is 1. The van der Waals surface area contributed by atoms with Gasteiger partial charge >= 0.3 is 0 Å². The average molecular weight is 269 g/mol. The molecule has 1 rings (SSSR count). The van der Waals surface area contributed by atoms with Crippen molar-refractivity contribution in [2.45, 2.75) is 64.5 Å². The summed E-state index contributed by atoms with van der Waals surface area (Å²) in [5.74, 6) is 0. The summed E-state index contributed by atoms with van der Waals surface area (Å²) in [6, 6.07) is 1.50. The van der Waals surface area contributed by atoms with Crippen molar-refractivity contribution in [3.05, 3.63) is 0 Å². The SMILES string of the molecule is CC(C)N(C)CCCCNCCC1CCCCN1C. The molecule has 0 radical (unpaired) electrons. The van der Waals surface area contributed by atoms with Crippen molar-refractivity contribution in [2.24, 2.45) is 0 Å². The van der Waals surface area contributed by atoms with E-state index in [1.165, 1.54) is 64.7 Å². The number of nitrogens with one attached hydrogen (secondary N) is 1. The molecule has 1 atom stereocenters. The molecular weight excluding hydrogens is 234 g/mol. The summed E-state index contributed by atoms with van der Waals surface area (Å²) >= 11 is 0. The predicted molar refractivity (Wildman–Crippen MR) is 84.8 cm³/mol. The number of nitrogens with zero attached hydrogens (tertiary/aromatic N) is 2. The zero-order valence-corrected chi connectivity index (χ0v) is 13.6. The molecule has 0 aromatic carbocycles. The molecule has 19 heavy (non-hydrogen) atoms. The van der Waals surface area contributed by atoms with Crippen LogP contribution in [0.3, 0.4) is 0 Å². The first-order valence-electron chi connectivity index (χ1n) is 8.22. The van der Waals surface area contributed by atoms with Crippen molar-refractivity contribution in [3.63, 3.8) is 0 Å². The summed E-state index contributed by atoms with van der Waals surface area (Å²) in [5, 5.41) is 3.61. The fourth-order valence-electron chi connectivity index (χ4n) is 2.77. The Hall–Kier alpha value is -0.120. The van der Waals surface area contributed by atoms with Crippen LogP contribution in [0.4, 0.5) is 0 Å². The number of rotatable bonds is 9. The lowest BCUT2D eigenvalue weighted by molar-refractivity contribution is 0.175. The van der Waals surface area contributed by atoms with Crippen LogP contribution in [-0.4, -0.2) is 62.2 Å². The van der Waals surface area contributed by atoms with Gasteiger partial charge in [0.15, 0.2) is 0 Å². The highest BCUT2D eigenvalue weighted by molar-refractivity contribution is 4.74. The first kappa shape index (κ1) is 16.9. The van der Waals surface area contributed by atoms with Gasteiger partial charge in [-0.05, 0) is 86.2 Å². The maximum absolute atomic E-state index is 3.61. The minimum atomic E-state index is 0.676. The Kier molecular flexibility index (Phi) is 8.67. The van der Waals surface area contributed by atoms with Gasteiger partial charge in [0.05, 0.1) is 0 Å². The van der Waals surface area contributed by atoms with E-state index < -0.39 is 0 Å². The minimum Gasteiger partial charge on any atom is -0.317 e. The summed E-state index contributed by atoms with van der Waals surface area (Å²) in [5.41, 5.74) is 0. The second kappa shape index (κ2) is 9.73. The van der Waals surface area contributed by atoms with Crippen LogP contribution < -0.4 is 5.32 Å². The lowest BCUT2D eigenvalue weighted by atomic mass is 10.0. The normalized spacial score (nSPS) is 21.5. The van der Waals surface area contributed by atoms with E-state index in [9.17, 15) is 0 Å². The fourth-order valence-corrected chi connectivity index (χ4v) is 2.77. The lowest BCUT2D eigenvalue weighted by Gasteiger charge is -2.32. The Morgan fingerprint density at radius 3 is 2.68 bits per heavy atom. The van der Waals surface area contributed by atoms with Gasteiger partial charge in [0, 0.05) is 12.1 Å². The molecule has 114 valence electrons. The molecule has 1 N–H and O–H groups in total. The maximum atomic E-state index is 3.61. The largest absolute Gasteiger partial charge is 0.317 e. The molecule has 0 aliphatic carbocycles. The van der Waals surface area contributed by atoms with Gasteiger partial charge in [-0.25, -0.2) is 0 Å². The molecule has 3 heteroatoms. The van der Waals surface area contributed by atoms with Crippen molar-refractivity contribution in [1.82, 2.24) is 15.1 Å². The van der Waals surface area contributed by atoms with Gasteiger partial charge in [-0.15, -0.1) is 0 Å². The van der Waals surface area contributed by atoms with E-state index in [4.69, 9.17) is 0 Å². The van der Waals surface area contributed by atoms with E-state index in [0.29, 0.717) is 6.04 Å². The zero-order chi connectivity index (χ0) is 14.1. The predicted octanol–water partition coefficient (Wildman–Crippen LogP) is 2.57. The van der Waals surface area contributed by atoms with Crippen molar-refractivity contribution >= 4 is 0 Å². The molecule has 0 amide bonds. The zero-order valence-electron chi connectivity index (χ0n) is 13.6. The van der Waals surface area contributed by atoms with Gasteiger partial charge in [-0.2, -0.15) is 0 Å². The molecule has 0 bridgehead atoms. The monoisotopic (exact) mass is 269 g/mol. The Morgan fingerprint density at radius 1 is 1.21 bits per heavy atom. The molecule has 1 unspecified atom stereocenters. The van der Waals surface area contributed by atoms with E-state index in [1.807, 2.05) is 0 Å². The molecule has 1 aliphatic heterocycles. The van der Waals surface area contributed by atoms with Gasteiger partial charge in [-0.1, -0.05) is 6.42 Å². The molecule has 0 saturated carbocycles. The van der Waals surface area contributed by atoms with Crippen LogP contribution in [0.15, 0.2) is 0 Å². The average Bonchev–Trinajstić information content (AvgIpc) is 2.39. The van der Waals surface area contributed by atoms with Crippen molar-refractivity contribution in [2.75, 3.05) is 40.3 Å². The summed E-state index contributed by atoms with van der Waals surface area (Å²) in [6.45, 7) is 9.42. The molecule has 0 aromatic heterocycles. The van der Waals surface area contributed by atoms with E-state index in [0.717, 1.165) is 6.04 Å². The second-order valence-electron chi connectivity index (χ2n) is 6.45. The Morgan fingerprint density at radius 2 is 2.00 bits per heavy atom. The van der Waals surface area contributed by atoms with Gasteiger partial charge in [0.1, 0.15) is 0 Å². The molecule has 1 fully saturated rings. The van der Waals surface area contributed by atoms with Crippen LogP contribution in [0.1, 0.15) is 52.4 Å². The highest BCUT2D eigenvalue weighted by Crippen LogP contribution is 2.16. The molecule has 1 heterocycles. The molecule has 0 aromatic rings. The van der Waals surface area contributed by atoms with Crippen LogP contribution >= 0.6 is 0 Å². The maximum Gasteiger partial charge on any atom is 0.0104 e. The quantitative estimate of drug-likeness (QED) is 0.649. The van der Waals surface area contributed by atoms with E-state index in [-0.39, 0.29) is 0 Å². The van der Waals surface area contributed by atoms with Crippen molar-refractivity contribution in [3.8, 4) is 0 Å². The summed E-state index contributed by atoms with van der Waals surface area (Å²) in [4.78, 5) is 4.97. The van der Waals surface area contributed by atoms with Crippen LogP contribution in [-0.2, 0) is 0 Å². The van der Waals surface area contributed by atoms with Crippen LogP contribution in [0.5, 0.6) is 0 Å². The third kappa shape index (κ3) is 7.28. The van der Waals surface area contributed by atoms with Crippen molar-refractivity contribution < 1.29 is 0 Å². The molecule has 0 spiro atoms. The standard InChI is InChI=1S/C16H35N3/c1-15(2)18(3)13-8-6-11-17-12-10-16-9-5-7-14-19(16)4/h15-17H,5-14H2,1-4H3. The fraction of sp³-hybridized carbons (Fsp3) is 1.00. The Bertz CT molecular complexity index is 218. The number of unbranched alkanes of at least 4 members (excludes halogenated alkanes) is 1. The minimum absolute atomic E-state index is 0.676. The van der Waals surface area contributed by atoms with E-state index >= 15 is 0 Å². The third-order valence-electron chi connectivity index (χ3n) is 4.57. The Labute approximate surface area is 120 Å². The van der Waals surface area contributed by atoms with E-state index in [1.54, 1.807) is 0 Å². The summed E-state index contributed by atoms with van der Waals surface area (Å²) in [7, 11) is 4.50. The Balaban J connectivity index is 1.91. The number of hydrogen-bond donors (Lipinski definition) is 1. The van der Waals surface area contributed by atoms with Gasteiger partial charge < -0.3 is 15.1 Å². The lowest BCUT2D eigenvalue weighted by Crippen LogP contribution is -2.38.